The molecule has 2 heterocycles. The molecule has 1 amide bonds. The summed E-state index contributed by atoms with van der Waals surface area (Å²) in [6.07, 6.45) is 4.22. The fraction of sp³-hybridized carbons (Fsp3) is 0.167. The number of hydrogen-bond acceptors (Lipinski definition) is 4. The van der Waals surface area contributed by atoms with Gasteiger partial charge in [0.15, 0.2) is 5.65 Å². The number of nitrogens with zero attached hydrogens (tertiary/aromatic N) is 3. The molecule has 2 N–H and O–H groups in total. The maximum Gasteiger partial charge on any atom is 0.251 e. The van der Waals surface area contributed by atoms with Crippen molar-refractivity contribution in [3.63, 3.8) is 0 Å². The predicted octanol–water partition coefficient (Wildman–Crippen LogP) is 6.55. The number of anilines is 1. The van der Waals surface area contributed by atoms with E-state index in [1.807, 2.05) is 48.5 Å². The second kappa shape index (κ2) is 10.2. The Morgan fingerprint density at radius 3 is 2.43 bits per heavy atom. The zero-order chi connectivity index (χ0) is 25.2. The number of carbonyl (C=O) groups is 1. The standard InChI is InChI=1S/C30H26BrN5O/c31-26-19-34-36-28(18-27(35-29(26)36)25-9-5-4-8-24(25)22-12-13-22)32-16-17-33-30(37)23-14-10-21(11-15-23)20-6-2-1-3-7-20/h1-11,14-15,18-19,22,32H,12-13,16-17H2,(H,33,37). The lowest BCUT2D eigenvalue weighted by atomic mass is 10.0. The van der Waals surface area contributed by atoms with Crippen molar-refractivity contribution in [2.24, 2.45) is 0 Å². The van der Waals surface area contributed by atoms with Gasteiger partial charge in [0.05, 0.1) is 16.4 Å². The molecule has 3 aromatic carbocycles. The molecule has 0 atom stereocenters. The van der Waals surface area contributed by atoms with Crippen molar-refractivity contribution in [3.05, 3.63) is 107 Å². The van der Waals surface area contributed by atoms with Crippen LogP contribution in [0.25, 0.3) is 28.0 Å². The van der Waals surface area contributed by atoms with Crippen LogP contribution in [0.2, 0.25) is 0 Å². The normalized spacial score (nSPS) is 13.0. The van der Waals surface area contributed by atoms with Gasteiger partial charge in [-0.15, -0.1) is 0 Å². The van der Waals surface area contributed by atoms with E-state index in [9.17, 15) is 4.79 Å². The molecule has 0 bridgehead atoms. The van der Waals surface area contributed by atoms with Gasteiger partial charge in [0.25, 0.3) is 5.91 Å². The maximum absolute atomic E-state index is 12.7. The second-order valence-electron chi connectivity index (χ2n) is 9.24. The summed E-state index contributed by atoms with van der Waals surface area (Å²) in [7, 11) is 0. The van der Waals surface area contributed by atoms with Crippen molar-refractivity contribution in [2.75, 3.05) is 18.4 Å². The van der Waals surface area contributed by atoms with Gasteiger partial charge in [0.1, 0.15) is 5.82 Å². The zero-order valence-electron chi connectivity index (χ0n) is 20.2. The van der Waals surface area contributed by atoms with Crippen LogP contribution in [-0.2, 0) is 0 Å². The average Bonchev–Trinajstić information content (AvgIpc) is 3.74. The Balaban J connectivity index is 1.14. The van der Waals surface area contributed by atoms with Crippen molar-refractivity contribution in [1.82, 2.24) is 19.9 Å². The number of fused-ring (bicyclic) bond motifs is 1. The number of rotatable bonds is 8. The van der Waals surface area contributed by atoms with Gasteiger partial charge in [0.2, 0.25) is 0 Å². The Morgan fingerprint density at radius 1 is 0.919 bits per heavy atom. The third-order valence-corrected chi connectivity index (χ3v) is 7.21. The largest absolute Gasteiger partial charge is 0.368 e. The smallest absolute Gasteiger partial charge is 0.251 e. The summed E-state index contributed by atoms with van der Waals surface area (Å²) >= 11 is 3.58. The lowest BCUT2D eigenvalue weighted by Gasteiger charge is -2.13. The molecule has 1 aliphatic rings. The highest BCUT2D eigenvalue weighted by atomic mass is 79.9. The lowest BCUT2D eigenvalue weighted by molar-refractivity contribution is 0.0955. The molecule has 7 heteroatoms. The SMILES string of the molecule is O=C(NCCNc1cc(-c2ccccc2C2CC2)nc2c(Br)cnn12)c1ccc(-c2ccccc2)cc1. The van der Waals surface area contributed by atoms with Crippen molar-refractivity contribution < 1.29 is 4.79 Å². The summed E-state index contributed by atoms with van der Waals surface area (Å²) < 4.78 is 2.63. The quantitative estimate of drug-likeness (QED) is 0.214. The first kappa shape index (κ1) is 23.4. The zero-order valence-corrected chi connectivity index (χ0v) is 21.8. The molecular formula is C30H26BrN5O. The number of carbonyl (C=O) groups excluding carboxylic acids is 1. The van der Waals surface area contributed by atoms with E-state index in [1.165, 1.54) is 18.4 Å². The van der Waals surface area contributed by atoms with Crippen LogP contribution in [0.1, 0.15) is 34.7 Å². The first-order chi connectivity index (χ1) is 18.2. The summed E-state index contributed by atoms with van der Waals surface area (Å²) in [5.41, 5.74) is 7.05. The van der Waals surface area contributed by atoms with E-state index >= 15 is 0 Å². The molecule has 6 rings (SSSR count). The van der Waals surface area contributed by atoms with Gasteiger partial charge in [-0.3, -0.25) is 4.79 Å². The summed E-state index contributed by atoms with van der Waals surface area (Å²) in [6, 6.07) is 28.4. The molecule has 1 saturated carbocycles. The van der Waals surface area contributed by atoms with E-state index in [2.05, 4.69) is 68.1 Å². The Hall–Kier alpha value is -3.97. The fourth-order valence-corrected chi connectivity index (χ4v) is 4.94. The first-order valence-electron chi connectivity index (χ1n) is 12.5. The molecular weight excluding hydrogens is 526 g/mol. The van der Waals surface area contributed by atoms with Crippen LogP contribution in [0.15, 0.2) is 95.6 Å². The molecule has 184 valence electrons. The van der Waals surface area contributed by atoms with E-state index < -0.39 is 0 Å². The molecule has 0 spiro atoms. The van der Waals surface area contributed by atoms with Crippen LogP contribution in [0.3, 0.4) is 0 Å². The van der Waals surface area contributed by atoms with Crippen LogP contribution in [-0.4, -0.2) is 33.6 Å². The number of aromatic nitrogens is 3. The van der Waals surface area contributed by atoms with Crippen molar-refractivity contribution >= 4 is 33.3 Å². The summed E-state index contributed by atoms with van der Waals surface area (Å²) in [5, 5.41) is 10.9. The Bertz CT molecular complexity index is 1560. The van der Waals surface area contributed by atoms with E-state index in [-0.39, 0.29) is 5.91 Å². The minimum absolute atomic E-state index is 0.0952. The summed E-state index contributed by atoms with van der Waals surface area (Å²) in [4.78, 5) is 17.6. The van der Waals surface area contributed by atoms with Crippen LogP contribution < -0.4 is 10.6 Å². The van der Waals surface area contributed by atoms with Gasteiger partial charge in [-0.25, -0.2) is 4.98 Å². The average molecular weight is 552 g/mol. The van der Waals surface area contributed by atoms with Gasteiger partial charge in [-0.1, -0.05) is 66.7 Å². The maximum atomic E-state index is 12.7. The van der Waals surface area contributed by atoms with Gasteiger partial charge >= 0.3 is 0 Å². The molecule has 37 heavy (non-hydrogen) atoms. The van der Waals surface area contributed by atoms with Crippen molar-refractivity contribution in [3.8, 4) is 22.4 Å². The van der Waals surface area contributed by atoms with Crippen LogP contribution in [0.5, 0.6) is 0 Å². The van der Waals surface area contributed by atoms with Crippen molar-refractivity contribution in [2.45, 2.75) is 18.8 Å². The molecule has 0 radical (unpaired) electrons. The number of benzene rings is 3. The monoisotopic (exact) mass is 551 g/mol. The van der Waals surface area contributed by atoms with Crippen LogP contribution in [0.4, 0.5) is 5.82 Å². The molecule has 1 fully saturated rings. The molecule has 0 aliphatic heterocycles. The molecule has 0 unspecified atom stereocenters. The molecule has 6 nitrogen and oxygen atoms in total. The highest BCUT2D eigenvalue weighted by Gasteiger charge is 2.26. The molecule has 5 aromatic rings. The second-order valence-corrected chi connectivity index (χ2v) is 10.1. The highest BCUT2D eigenvalue weighted by Crippen LogP contribution is 2.44. The Labute approximate surface area is 223 Å². The Kier molecular flexibility index (Phi) is 6.45. The minimum atomic E-state index is -0.0952. The lowest BCUT2D eigenvalue weighted by Crippen LogP contribution is -2.29. The van der Waals surface area contributed by atoms with E-state index in [1.54, 1.807) is 10.7 Å². The summed E-state index contributed by atoms with van der Waals surface area (Å²) in [6.45, 7) is 1.02. The highest BCUT2D eigenvalue weighted by molar-refractivity contribution is 9.10. The predicted molar refractivity (Wildman–Crippen MR) is 151 cm³/mol. The van der Waals surface area contributed by atoms with Crippen LogP contribution in [0, 0.1) is 0 Å². The third kappa shape index (κ3) is 5.00. The van der Waals surface area contributed by atoms with E-state index in [0.717, 1.165) is 38.3 Å². The van der Waals surface area contributed by atoms with E-state index in [0.29, 0.717) is 24.6 Å². The topological polar surface area (TPSA) is 71.3 Å². The Morgan fingerprint density at radius 2 is 1.65 bits per heavy atom. The third-order valence-electron chi connectivity index (χ3n) is 6.65. The number of nitrogens with one attached hydrogen (secondary N) is 2. The van der Waals surface area contributed by atoms with Crippen molar-refractivity contribution in [1.29, 1.82) is 0 Å². The molecule has 2 aromatic heterocycles. The van der Waals surface area contributed by atoms with Gasteiger partial charge < -0.3 is 10.6 Å². The van der Waals surface area contributed by atoms with Gasteiger partial charge in [-0.2, -0.15) is 9.61 Å². The number of halogens is 1. The number of amides is 1. The summed E-state index contributed by atoms with van der Waals surface area (Å²) in [5.74, 6) is 1.36. The van der Waals surface area contributed by atoms with E-state index in [4.69, 9.17) is 4.98 Å². The molecule has 0 saturated heterocycles. The van der Waals surface area contributed by atoms with Gasteiger partial charge in [0, 0.05) is 30.3 Å². The fourth-order valence-electron chi connectivity index (χ4n) is 4.59. The van der Waals surface area contributed by atoms with Crippen LogP contribution >= 0.6 is 15.9 Å². The minimum Gasteiger partial charge on any atom is -0.368 e. The van der Waals surface area contributed by atoms with Gasteiger partial charge in [-0.05, 0) is 63.5 Å². The number of hydrogen-bond donors (Lipinski definition) is 2. The molecule has 1 aliphatic carbocycles. The first-order valence-corrected chi connectivity index (χ1v) is 13.3.